The van der Waals surface area contributed by atoms with E-state index >= 15 is 0 Å². The Balaban J connectivity index is 1.93. The van der Waals surface area contributed by atoms with Gasteiger partial charge >= 0.3 is 0 Å². The Morgan fingerprint density at radius 1 is 1.04 bits per heavy atom. The summed E-state index contributed by atoms with van der Waals surface area (Å²) in [6.45, 7) is 5.41. The third-order valence-electron chi connectivity index (χ3n) is 4.19. The summed E-state index contributed by atoms with van der Waals surface area (Å²) < 4.78 is 23.8. The van der Waals surface area contributed by atoms with Gasteiger partial charge in [-0.25, -0.2) is 8.42 Å². The third-order valence-corrected chi connectivity index (χ3v) is 5.94. The van der Waals surface area contributed by atoms with Crippen molar-refractivity contribution in [3.8, 4) is 0 Å². The van der Waals surface area contributed by atoms with Gasteiger partial charge in [-0.15, -0.1) is 0 Å². The molecule has 1 heterocycles. The number of fused-ring (bicyclic) bond motifs is 1. The summed E-state index contributed by atoms with van der Waals surface area (Å²) in [5.74, 6) is -0.211. The Labute approximate surface area is 153 Å². The normalized spacial score (nSPS) is 11.5. The topological polar surface area (TPSA) is 76.1 Å². The lowest BCUT2D eigenvalue weighted by atomic mass is 10.0. The average molecular weight is 368 g/mol. The minimum atomic E-state index is -3.26. The van der Waals surface area contributed by atoms with Crippen LogP contribution in [0.25, 0.3) is 10.9 Å². The molecule has 0 saturated heterocycles. The first-order valence-corrected chi connectivity index (χ1v) is 9.97. The van der Waals surface area contributed by atoms with Gasteiger partial charge in [0.25, 0.3) is 5.91 Å². The fraction of sp³-hybridized carbons (Fsp3) is 0.200. The van der Waals surface area contributed by atoms with Crippen LogP contribution in [0.1, 0.15) is 28.5 Å². The molecule has 3 aromatic rings. The van der Waals surface area contributed by atoms with Crippen molar-refractivity contribution in [3.05, 3.63) is 65.4 Å². The molecule has 0 bridgehead atoms. The zero-order valence-corrected chi connectivity index (χ0v) is 15.7. The van der Waals surface area contributed by atoms with Crippen LogP contribution in [-0.4, -0.2) is 25.1 Å². The number of hydrogen-bond donors (Lipinski definition) is 1. The smallest absolute Gasteiger partial charge is 0.256 e. The summed E-state index contributed by atoms with van der Waals surface area (Å²) >= 11 is 0. The van der Waals surface area contributed by atoms with E-state index in [9.17, 15) is 13.2 Å². The van der Waals surface area contributed by atoms with Crippen molar-refractivity contribution in [1.29, 1.82) is 0 Å². The highest BCUT2D eigenvalue weighted by atomic mass is 32.2. The van der Waals surface area contributed by atoms with Gasteiger partial charge < -0.3 is 5.32 Å². The molecule has 0 saturated carbocycles. The van der Waals surface area contributed by atoms with E-state index in [1.165, 1.54) is 12.1 Å². The van der Waals surface area contributed by atoms with Crippen molar-refractivity contribution < 1.29 is 13.2 Å². The Bertz CT molecular complexity index is 1090. The number of rotatable bonds is 4. The molecule has 0 unspecified atom stereocenters. The number of nitrogens with zero attached hydrogens (tertiary/aromatic N) is 1. The van der Waals surface area contributed by atoms with Crippen LogP contribution in [0.3, 0.4) is 0 Å². The number of aryl methyl sites for hydroxylation is 2. The summed E-state index contributed by atoms with van der Waals surface area (Å²) in [6.07, 6.45) is 0. The minimum absolute atomic E-state index is 0.0420. The van der Waals surface area contributed by atoms with E-state index in [1.54, 1.807) is 25.1 Å². The Hall–Kier alpha value is -2.73. The molecule has 26 heavy (non-hydrogen) atoms. The number of sulfone groups is 1. The number of benzene rings is 2. The number of anilines is 1. The predicted octanol–water partition coefficient (Wildman–Crippen LogP) is 3.90. The molecule has 2 aromatic carbocycles. The van der Waals surface area contributed by atoms with Crippen LogP contribution in [0, 0.1) is 13.8 Å². The fourth-order valence-electron chi connectivity index (χ4n) is 2.77. The number of carbonyl (C=O) groups is 1. The first-order valence-electron chi connectivity index (χ1n) is 8.32. The molecule has 5 nitrogen and oxygen atoms in total. The number of hydrogen-bond acceptors (Lipinski definition) is 4. The van der Waals surface area contributed by atoms with Crippen molar-refractivity contribution in [1.82, 2.24) is 4.98 Å². The van der Waals surface area contributed by atoms with Gasteiger partial charge in [-0.2, -0.15) is 0 Å². The molecule has 0 aliphatic carbocycles. The van der Waals surface area contributed by atoms with Gasteiger partial charge in [0.15, 0.2) is 9.84 Å². The van der Waals surface area contributed by atoms with Gasteiger partial charge in [0.2, 0.25) is 0 Å². The quantitative estimate of drug-likeness (QED) is 0.758. The molecule has 6 heteroatoms. The second kappa shape index (κ2) is 6.88. The van der Waals surface area contributed by atoms with Gasteiger partial charge in [0.05, 0.1) is 21.7 Å². The highest BCUT2D eigenvalue weighted by molar-refractivity contribution is 7.91. The van der Waals surface area contributed by atoms with Gasteiger partial charge in [0.1, 0.15) is 0 Å². The lowest BCUT2D eigenvalue weighted by molar-refractivity contribution is 0.102. The molecule has 1 aromatic heterocycles. The van der Waals surface area contributed by atoms with E-state index in [2.05, 4.69) is 10.3 Å². The van der Waals surface area contributed by atoms with E-state index in [0.29, 0.717) is 11.3 Å². The molecule has 0 fully saturated rings. The van der Waals surface area contributed by atoms with Crippen molar-refractivity contribution in [3.63, 3.8) is 0 Å². The second-order valence-corrected chi connectivity index (χ2v) is 8.49. The summed E-state index contributed by atoms with van der Waals surface area (Å²) in [7, 11) is -3.26. The standard InChI is InChI=1S/C20H20N2O3S/c1-4-26(24,25)16-8-6-15(7-9-16)22-20(23)18-12-14(3)21-19-10-5-13(2)11-17(18)19/h5-12H,4H2,1-3H3,(H,22,23). The van der Waals surface area contributed by atoms with E-state index in [0.717, 1.165) is 22.2 Å². The summed E-state index contributed by atoms with van der Waals surface area (Å²) in [5, 5.41) is 3.62. The monoisotopic (exact) mass is 368 g/mol. The molecule has 0 atom stereocenters. The average Bonchev–Trinajstić information content (AvgIpc) is 2.62. The van der Waals surface area contributed by atoms with Gasteiger partial charge in [-0.1, -0.05) is 18.6 Å². The number of aromatic nitrogens is 1. The van der Waals surface area contributed by atoms with Crippen LogP contribution >= 0.6 is 0 Å². The molecular formula is C20H20N2O3S. The van der Waals surface area contributed by atoms with Crippen LogP contribution in [0.5, 0.6) is 0 Å². The van der Waals surface area contributed by atoms with Gasteiger partial charge in [-0.3, -0.25) is 9.78 Å². The maximum Gasteiger partial charge on any atom is 0.256 e. The first-order chi connectivity index (χ1) is 12.3. The largest absolute Gasteiger partial charge is 0.322 e. The Kier molecular flexibility index (Phi) is 4.78. The van der Waals surface area contributed by atoms with Gasteiger partial charge in [0, 0.05) is 16.8 Å². The predicted molar refractivity (Wildman–Crippen MR) is 103 cm³/mol. The maximum atomic E-state index is 12.8. The molecular weight excluding hydrogens is 348 g/mol. The minimum Gasteiger partial charge on any atom is -0.322 e. The molecule has 0 aliphatic rings. The van der Waals surface area contributed by atoms with Crippen LogP contribution in [0.4, 0.5) is 5.69 Å². The number of nitrogens with one attached hydrogen (secondary N) is 1. The molecule has 1 amide bonds. The zero-order chi connectivity index (χ0) is 18.9. The molecule has 3 rings (SSSR count). The maximum absolute atomic E-state index is 12.8. The van der Waals surface area contributed by atoms with Crippen LogP contribution in [-0.2, 0) is 9.84 Å². The van der Waals surface area contributed by atoms with E-state index in [-0.39, 0.29) is 16.6 Å². The Morgan fingerprint density at radius 2 is 1.73 bits per heavy atom. The van der Waals surface area contributed by atoms with Crippen LogP contribution in [0.15, 0.2) is 53.4 Å². The van der Waals surface area contributed by atoms with Crippen molar-refractivity contribution in [2.45, 2.75) is 25.7 Å². The zero-order valence-electron chi connectivity index (χ0n) is 14.9. The van der Waals surface area contributed by atoms with E-state index < -0.39 is 9.84 Å². The Morgan fingerprint density at radius 3 is 2.38 bits per heavy atom. The second-order valence-electron chi connectivity index (χ2n) is 6.21. The molecule has 134 valence electrons. The number of carbonyl (C=O) groups excluding carboxylic acids is 1. The molecule has 1 N–H and O–H groups in total. The van der Waals surface area contributed by atoms with Crippen molar-refractivity contribution >= 4 is 32.3 Å². The molecule has 0 spiro atoms. The van der Waals surface area contributed by atoms with Crippen LogP contribution < -0.4 is 5.32 Å². The SMILES string of the molecule is CCS(=O)(=O)c1ccc(NC(=O)c2cc(C)nc3ccc(C)cc23)cc1. The first kappa shape index (κ1) is 18.1. The molecule has 0 aliphatic heterocycles. The third kappa shape index (κ3) is 3.60. The van der Waals surface area contributed by atoms with E-state index in [4.69, 9.17) is 0 Å². The highest BCUT2D eigenvalue weighted by Crippen LogP contribution is 2.22. The van der Waals surface area contributed by atoms with Crippen molar-refractivity contribution in [2.24, 2.45) is 0 Å². The van der Waals surface area contributed by atoms with E-state index in [1.807, 2.05) is 32.0 Å². The fourth-order valence-corrected chi connectivity index (χ4v) is 3.65. The van der Waals surface area contributed by atoms with Crippen LogP contribution in [0.2, 0.25) is 0 Å². The number of pyridine rings is 1. The number of amides is 1. The molecule has 0 radical (unpaired) electrons. The highest BCUT2D eigenvalue weighted by Gasteiger charge is 2.14. The summed E-state index contributed by atoms with van der Waals surface area (Å²) in [6, 6.07) is 13.8. The van der Waals surface area contributed by atoms with Crippen molar-refractivity contribution in [2.75, 3.05) is 11.1 Å². The summed E-state index contributed by atoms with van der Waals surface area (Å²) in [5.41, 5.74) is 3.66. The van der Waals surface area contributed by atoms with Gasteiger partial charge in [-0.05, 0) is 56.3 Å². The lowest BCUT2D eigenvalue weighted by Crippen LogP contribution is -2.13. The lowest BCUT2D eigenvalue weighted by Gasteiger charge is -2.10. The summed E-state index contributed by atoms with van der Waals surface area (Å²) in [4.78, 5) is 17.5.